The molecule has 0 radical (unpaired) electrons. The Morgan fingerprint density at radius 1 is 1.45 bits per heavy atom. The van der Waals surface area contributed by atoms with E-state index in [1.165, 1.54) is 16.8 Å². The van der Waals surface area contributed by atoms with E-state index in [2.05, 4.69) is 10.1 Å². The summed E-state index contributed by atoms with van der Waals surface area (Å²) in [7, 11) is 0. The first-order valence-corrected chi connectivity index (χ1v) is 6.44. The van der Waals surface area contributed by atoms with E-state index in [0.717, 1.165) is 0 Å². The van der Waals surface area contributed by atoms with Crippen LogP contribution in [0.4, 0.5) is 0 Å². The van der Waals surface area contributed by atoms with Gasteiger partial charge < -0.3 is 9.84 Å². The maximum absolute atomic E-state index is 10.9. The molecule has 106 valence electrons. The lowest BCUT2D eigenvalue weighted by atomic mass is 10.2. The third-order valence-electron chi connectivity index (χ3n) is 2.43. The minimum Gasteiger partial charge on any atom is -0.478 e. The first kappa shape index (κ1) is 14.3. The van der Waals surface area contributed by atoms with E-state index in [9.17, 15) is 4.79 Å². The van der Waals surface area contributed by atoms with Gasteiger partial charge in [0.1, 0.15) is 5.15 Å². The molecule has 0 aliphatic carbocycles. The van der Waals surface area contributed by atoms with Crippen LogP contribution < -0.4 is 4.74 Å². The molecule has 7 heteroatoms. The molecule has 20 heavy (non-hydrogen) atoms. The molecule has 0 amide bonds. The number of ether oxygens (including phenoxy) is 1. The summed E-state index contributed by atoms with van der Waals surface area (Å²) >= 11 is 5.82. The number of rotatable bonds is 5. The van der Waals surface area contributed by atoms with Gasteiger partial charge in [0.15, 0.2) is 5.82 Å². The average molecular weight is 296 g/mol. The summed E-state index contributed by atoms with van der Waals surface area (Å²) in [6.45, 7) is 4.66. The highest BCUT2D eigenvalue weighted by Crippen LogP contribution is 2.17. The molecular weight excluding hydrogens is 282 g/mol. The van der Waals surface area contributed by atoms with Crippen LogP contribution in [0.1, 0.15) is 24.2 Å². The van der Waals surface area contributed by atoms with Crippen LogP contribution in [0.15, 0.2) is 24.4 Å². The van der Waals surface area contributed by atoms with Gasteiger partial charge >= 0.3 is 5.97 Å². The highest BCUT2D eigenvalue weighted by atomic mass is 35.5. The minimum atomic E-state index is -1.12. The van der Waals surface area contributed by atoms with Crippen LogP contribution in [0.25, 0.3) is 5.82 Å². The van der Waals surface area contributed by atoms with Gasteiger partial charge in [0.25, 0.3) is 0 Å². The van der Waals surface area contributed by atoms with Crippen molar-refractivity contribution in [2.45, 2.75) is 13.8 Å². The quantitative estimate of drug-likeness (QED) is 0.858. The summed E-state index contributed by atoms with van der Waals surface area (Å²) in [6.07, 6.45) is 1.68. The van der Waals surface area contributed by atoms with Gasteiger partial charge in [-0.3, -0.25) is 0 Å². The molecule has 0 spiro atoms. The summed E-state index contributed by atoms with van der Waals surface area (Å²) < 4.78 is 6.95. The van der Waals surface area contributed by atoms with E-state index < -0.39 is 5.97 Å². The van der Waals surface area contributed by atoms with Crippen molar-refractivity contribution in [2.75, 3.05) is 6.61 Å². The van der Waals surface area contributed by atoms with Crippen molar-refractivity contribution in [3.8, 4) is 11.7 Å². The minimum absolute atomic E-state index is 0.0427. The lowest BCUT2D eigenvalue weighted by molar-refractivity contribution is 0.0696. The standard InChI is InChI=1S/C13H14ClN3O3/c1-8(2)7-20-11-5-6-17(16-11)10-4-3-9(13(18)19)12(14)15-10/h3-6,8H,7H2,1-2H3,(H,18,19). The fraction of sp³-hybridized carbons (Fsp3) is 0.308. The molecule has 1 N–H and O–H groups in total. The Labute approximate surface area is 121 Å². The Hall–Kier alpha value is -2.08. The molecule has 0 aliphatic heterocycles. The van der Waals surface area contributed by atoms with Gasteiger partial charge in [-0.1, -0.05) is 25.4 Å². The number of nitrogens with zero attached hydrogens (tertiary/aromatic N) is 3. The second kappa shape index (κ2) is 5.92. The second-order valence-electron chi connectivity index (χ2n) is 4.62. The van der Waals surface area contributed by atoms with Crippen LogP contribution in [0.3, 0.4) is 0 Å². The average Bonchev–Trinajstić information content (AvgIpc) is 2.84. The smallest absolute Gasteiger partial charge is 0.338 e. The van der Waals surface area contributed by atoms with Gasteiger partial charge in [-0.2, -0.15) is 0 Å². The van der Waals surface area contributed by atoms with E-state index in [-0.39, 0.29) is 10.7 Å². The maximum Gasteiger partial charge on any atom is 0.338 e. The first-order chi connectivity index (χ1) is 9.47. The number of carbonyl (C=O) groups is 1. The Morgan fingerprint density at radius 2 is 2.20 bits per heavy atom. The predicted molar refractivity (Wildman–Crippen MR) is 73.7 cm³/mol. The van der Waals surface area contributed by atoms with Crippen molar-refractivity contribution in [2.24, 2.45) is 5.92 Å². The molecule has 2 aromatic rings. The number of hydrogen-bond donors (Lipinski definition) is 1. The van der Waals surface area contributed by atoms with Crippen molar-refractivity contribution in [1.29, 1.82) is 0 Å². The van der Waals surface area contributed by atoms with Crippen molar-refractivity contribution >= 4 is 17.6 Å². The molecule has 2 heterocycles. The highest BCUT2D eigenvalue weighted by molar-refractivity contribution is 6.32. The molecule has 0 unspecified atom stereocenters. The maximum atomic E-state index is 10.9. The van der Waals surface area contributed by atoms with Gasteiger partial charge in [0, 0.05) is 12.3 Å². The van der Waals surface area contributed by atoms with Crippen molar-refractivity contribution in [1.82, 2.24) is 14.8 Å². The number of halogens is 1. The number of carboxylic acids is 1. The van der Waals surface area contributed by atoms with Crippen LogP contribution in [0.5, 0.6) is 5.88 Å². The molecule has 6 nitrogen and oxygen atoms in total. The largest absolute Gasteiger partial charge is 0.478 e. The number of aromatic carboxylic acids is 1. The van der Waals surface area contributed by atoms with Crippen molar-refractivity contribution in [3.63, 3.8) is 0 Å². The van der Waals surface area contributed by atoms with E-state index in [1.807, 2.05) is 13.8 Å². The zero-order valence-electron chi connectivity index (χ0n) is 11.1. The second-order valence-corrected chi connectivity index (χ2v) is 4.97. The lowest BCUT2D eigenvalue weighted by Gasteiger charge is -2.05. The Bertz CT molecular complexity index is 625. The SMILES string of the molecule is CC(C)COc1ccn(-c2ccc(C(=O)O)c(Cl)n2)n1. The molecule has 0 saturated carbocycles. The Morgan fingerprint density at radius 3 is 2.80 bits per heavy atom. The molecule has 2 rings (SSSR count). The number of pyridine rings is 1. The molecule has 0 bridgehead atoms. The number of aromatic nitrogens is 3. The van der Waals surface area contributed by atoms with Gasteiger partial charge in [-0.25, -0.2) is 14.5 Å². The molecule has 0 aliphatic rings. The van der Waals surface area contributed by atoms with E-state index in [4.69, 9.17) is 21.4 Å². The third kappa shape index (κ3) is 3.27. The molecule has 0 aromatic carbocycles. The fourth-order valence-corrected chi connectivity index (χ4v) is 1.71. The number of carboxylic acid groups (broad SMARTS) is 1. The summed E-state index contributed by atoms with van der Waals surface area (Å²) in [5.74, 6) is 0.205. The molecule has 0 fully saturated rings. The molecule has 2 aromatic heterocycles. The fourth-order valence-electron chi connectivity index (χ4n) is 1.48. The Balaban J connectivity index is 2.20. The van der Waals surface area contributed by atoms with E-state index in [1.54, 1.807) is 12.3 Å². The topological polar surface area (TPSA) is 77.2 Å². The van der Waals surface area contributed by atoms with Crippen LogP contribution in [-0.2, 0) is 0 Å². The van der Waals surface area contributed by atoms with Gasteiger partial charge in [0.2, 0.25) is 5.88 Å². The van der Waals surface area contributed by atoms with E-state index >= 15 is 0 Å². The third-order valence-corrected chi connectivity index (χ3v) is 2.72. The van der Waals surface area contributed by atoms with Crippen molar-refractivity contribution in [3.05, 3.63) is 35.1 Å². The monoisotopic (exact) mass is 295 g/mol. The summed E-state index contributed by atoms with van der Waals surface area (Å²) in [6, 6.07) is 4.64. The predicted octanol–water partition coefficient (Wildman–Crippen LogP) is 2.65. The normalized spacial score (nSPS) is 10.8. The molecule has 0 saturated heterocycles. The van der Waals surface area contributed by atoms with Gasteiger partial charge in [-0.15, -0.1) is 5.10 Å². The summed E-state index contributed by atoms with van der Waals surface area (Å²) in [5, 5.41) is 13.0. The van der Waals surface area contributed by atoms with Crippen LogP contribution in [-0.4, -0.2) is 32.4 Å². The first-order valence-electron chi connectivity index (χ1n) is 6.06. The molecular formula is C13H14ClN3O3. The van der Waals surface area contributed by atoms with Crippen molar-refractivity contribution < 1.29 is 14.6 Å². The molecule has 0 atom stereocenters. The Kier molecular flexibility index (Phi) is 4.24. The zero-order chi connectivity index (χ0) is 14.7. The van der Waals surface area contributed by atoms with E-state index in [0.29, 0.717) is 24.2 Å². The van der Waals surface area contributed by atoms with Crippen LogP contribution in [0, 0.1) is 5.92 Å². The number of hydrogen-bond acceptors (Lipinski definition) is 4. The highest BCUT2D eigenvalue weighted by Gasteiger charge is 2.12. The lowest BCUT2D eigenvalue weighted by Crippen LogP contribution is -2.06. The summed E-state index contributed by atoms with van der Waals surface area (Å²) in [4.78, 5) is 14.9. The van der Waals surface area contributed by atoms with Gasteiger partial charge in [0.05, 0.1) is 12.2 Å². The van der Waals surface area contributed by atoms with Gasteiger partial charge in [-0.05, 0) is 18.1 Å². The van der Waals surface area contributed by atoms with Crippen LogP contribution >= 0.6 is 11.6 Å². The summed E-state index contributed by atoms with van der Waals surface area (Å²) in [5.41, 5.74) is -0.0427. The van der Waals surface area contributed by atoms with Crippen LogP contribution in [0.2, 0.25) is 5.15 Å². The zero-order valence-corrected chi connectivity index (χ0v) is 11.8.